The molecule has 0 radical (unpaired) electrons. The molecule has 29 heavy (non-hydrogen) atoms. The second-order valence-corrected chi connectivity index (χ2v) is 8.00. The number of hydrogen-bond acceptors (Lipinski definition) is 5. The van der Waals surface area contributed by atoms with Crippen molar-refractivity contribution in [2.75, 3.05) is 32.7 Å². The van der Waals surface area contributed by atoms with Crippen LogP contribution in [0.15, 0.2) is 23.6 Å². The Morgan fingerprint density at radius 1 is 1.21 bits per heavy atom. The molecule has 4 heterocycles. The SMILES string of the molecule is CCNC(=O)N1CCN(C(=O)c2cc(-c3cccs3)nc3c2c(C)nn3C)CC1. The molecule has 8 nitrogen and oxygen atoms in total. The van der Waals surface area contributed by atoms with E-state index < -0.39 is 0 Å². The maximum atomic E-state index is 13.4. The van der Waals surface area contributed by atoms with Gasteiger partial charge in [-0.3, -0.25) is 9.48 Å². The van der Waals surface area contributed by atoms with Crippen LogP contribution in [0.3, 0.4) is 0 Å². The van der Waals surface area contributed by atoms with Gasteiger partial charge in [0.05, 0.1) is 27.2 Å². The standard InChI is InChI=1S/C20H24N6O2S/c1-4-21-20(28)26-9-7-25(8-10-26)19(27)14-12-15(16-6-5-11-29-16)22-18-17(14)13(2)23-24(18)3/h5-6,11-12H,4,7-10H2,1-3H3,(H,21,28). The Balaban J connectivity index is 1.66. The lowest BCUT2D eigenvalue weighted by Crippen LogP contribution is -2.53. The highest BCUT2D eigenvalue weighted by Crippen LogP contribution is 2.30. The van der Waals surface area contributed by atoms with Gasteiger partial charge in [0.1, 0.15) is 0 Å². The number of rotatable bonds is 3. The van der Waals surface area contributed by atoms with Gasteiger partial charge in [0.2, 0.25) is 0 Å². The normalized spacial score (nSPS) is 14.4. The van der Waals surface area contributed by atoms with E-state index in [9.17, 15) is 9.59 Å². The number of carbonyl (C=O) groups excluding carboxylic acids is 2. The molecule has 1 fully saturated rings. The Bertz CT molecular complexity index is 1050. The number of carbonyl (C=O) groups is 2. The number of pyridine rings is 1. The molecule has 0 aromatic carbocycles. The Morgan fingerprint density at radius 3 is 2.59 bits per heavy atom. The summed E-state index contributed by atoms with van der Waals surface area (Å²) < 4.78 is 1.73. The van der Waals surface area contributed by atoms with Crippen LogP contribution in [-0.2, 0) is 7.05 Å². The lowest BCUT2D eigenvalue weighted by atomic mass is 10.1. The van der Waals surface area contributed by atoms with Crippen LogP contribution in [0.2, 0.25) is 0 Å². The highest BCUT2D eigenvalue weighted by Gasteiger charge is 2.27. The minimum atomic E-state index is -0.0750. The minimum absolute atomic E-state index is 0.0399. The van der Waals surface area contributed by atoms with E-state index in [1.165, 1.54) is 0 Å². The average Bonchev–Trinajstić information content (AvgIpc) is 3.36. The van der Waals surface area contributed by atoms with Crippen LogP contribution in [0.5, 0.6) is 0 Å². The number of aromatic nitrogens is 3. The third-order valence-electron chi connectivity index (χ3n) is 5.15. The van der Waals surface area contributed by atoms with Gasteiger partial charge in [-0.2, -0.15) is 5.10 Å². The minimum Gasteiger partial charge on any atom is -0.338 e. The zero-order valence-electron chi connectivity index (χ0n) is 16.8. The van der Waals surface area contributed by atoms with Crippen molar-refractivity contribution in [3.63, 3.8) is 0 Å². The number of nitrogens with zero attached hydrogens (tertiary/aromatic N) is 5. The van der Waals surface area contributed by atoms with Gasteiger partial charge in [-0.15, -0.1) is 11.3 Å². The molecule has 152 valence electrons. The van der Waals surface area contributed by atoms with Crippen molar-refractivity contribution >= 4 is 34.3 Å². The van der Waals surface area contributed by atoms with Crippen LogP contribution < -0.4 is 5.32 Å². The van der Waals surface area contributed by atoms with Crippen molar-refractivity contribution < 1.29 is 9.59 Å². The molecule has 0 atom stereocenters. The molecule has 1 aliphatic heterocycles. The van der Waals surface area contributed by atoms with Crippen LogP contribution in [0.25, 0.3) is 21.6 Å². The molecule has 0 aliphatic carbocycles. The van der Waals surface area contributed by atoms with Crippen LogP contribution in [0.4, 0.5) is 4.79 Å². The molecule has 0 unspecified atom stereocenters. The maximum absolute atomic E-state index is 13.4. The predicted molar refractivity (Wildman–Crippen MR) is 113 cm³/mol. The van der Waals surface area contributed by atoms with Crippen LogP contribution >= 0.6 is 11.3 Å². The van der Waals surface area contributed by atoms with Crippen LogP contribution in [-0.4, -0.2) is 69.2 Å². The van der Waals surface area contributed by atoms with Gasteiger partial charge in [-0.1, -0.05) is 6.07 Å². The van der Waals surface area contributed by atoms with E-state index in [-0.39, 0.29) is 11.9 Å². The summed E-state index contributed by atoms with van der Waals surface area (Å²) in [7, 11) is 1.85. The topological polar surface area (TPSA) is 83.4 Å². The first-order valence-electron chi connectivity index (χ1n) is 9.70. The summed E-state index contributed by atoms with van der Waals surface area (Å²) >= 11 is 1.59. The fraction of sp³-hybridized carbons (Fsp3) is 0.400. The number of urea groups is 1. The summed E-state index contributed by atoms with van der Waals surface area (Å²) in [6.07, 6.45) is 0. The Labute approximate surface area is 173 Å². The molecule has 3 aromatic heterocycles. The molecule has 0 spiro atoms. The average molecular weight is 413 g/mol. The first-order valence-corrected chi connectivity index (χ1v) is 10.6. The van der Waals surface area contributed by atoms with Gasteiger partial charge in [0.15, 0.2) is 5.65 Å². The van der Waals surface area contributed by atoms with Crippen molar-refractivity contribution in [2.24, 2.45) is 7.05 Å². The second-order valence-electron chi connectivity index (χ2n) is 7.05. The van der Waals surface area contributed by atoms with E-state index >= 15 is 0 Å². The van der Waals surface area contributed by atoms with E-state index in [1.54, 1.807) is 20.9 Å². The van der Waals surface area contributed by atoms with E-state index in [0.29, 0.717) is 43.9 Å². The molecule has 0 saturated carbocycles. The molecule has 0 bridgehead atoms. The Morgan fingerprint density at radius 2 is 1.93 bits per heavy atom. The lowest BCUT2D eigenvalue weighted by Gasteiger charge is -2.34. The van der Waals surface area contributed by atoms with E-state index in [4.69, 9.17) is 4.98 Å². The summed E-state index contributed by atoms with van der Waals surface area (Å²) in [5.41, 5.74) is 2.89. The third kappa shape index (κ3) is 3.57. The van der Waals surface area contributed by atoms with Gasteiger partial charge < -0.3 is 15.1 Å². The monoisotopic (exact) mass is 412 g/mol. The Hall–Kier alpha value is -2.94. The number of hydrogen-bond donors (Lipinski definition) is 1. The maximum Gasteiger partial charge on any atom is 0.317 e. The smallest absolute Gasteiger partial charge is 0.317 e. The Kier molecular flexibility index (Phi) is 5.23. The van der Waals surface area contributed by atoms with Crippen molar-refractivity contribution in [3.05, 3.63) is 34.8 Å². The summed E-state index contributed by atoms with van der Waals surface area (Å²) in [6.45, 7) is 6.46. The first kappa shape index (κ1) is 19.4. The highest BCUT2D eigenvalue weighted by atomic mass is 32.1. The second kappa shape index (κ2) is 7.82. The molecule has 1 aliphatic rings. The number of fused-ring (bicyclic) bond motifs is 1. The summed E-state index contributed by atoms with van der Waals surface area (Å²) in [5, 5.41) is 10.1. The van der Waals surface area contributed by atoms with Crippen molar-refractivity contribution in [1.29, 1.82) is 0 Å². The molecule has 4 rings (SSSR count). The molecule has 9 heteroatoms. The highest BCUT2D eigenvalue weighted by molar-refractivity contribution is 7.13. The predicted octanol–water partition coefficient (Wildman–Crippen LogP) is 2.49. The number of thiophene rings is 1. The number of amides is 3. The van der Waals surface area contributed by atoms with E-state index in [2.05, 4.69) is 10.4 Å². The molecular formula is C20H24N6O2S. The summed E-state index contributed by atoms with van der Waals surface area (Å²) in [5.74, 6) is -0.0399. The lowest BCUT2D eigenvalue weighted by molar-refractivity contribution is 0.0667. The molecule has 1 N–H and O–H groups in total. The third-order valence-corrected chi connectivity index (χ3v) is 6.05. The summed E-state index contributed by atoms with van der Waals surface area (Å²) in [4.78, 5) is 34.8. The van der Waals surface area contributed by atoms with Crippen molar-refractivity contribution in [3.8, 4) is 10.6 Å². The van der Waals surface area contributed by atoms with Gasteiger partial charge in [0.25, 0.3) is 5.91 Å². The number of nitrogens with one attached hydrogen (secondary N) is 1. The van der Waals surface area contributed by atoms with Gasteiger partial charge >= 0.3 is 6.03 Å². The zero-order valence-corrected chi connectivity index (χ0v) is 17.6. The van der Waals surface area contributed by atoms with Crippen LogP contribution in [0.1, 0.15) is 23.0 Å². The van der Waals surface area contributed by atoms with E-state index in [0.717, 1.165) is 21.7 Å². The summed E-state index contributed by atoms with van der Waals surface area (Å²) in [6, 6.07) is 5.78. The largest absolute Gasteiger partial charge is 0.338 e. The molecule has 3 amide bonds. The number of piperazine rings is 1. The van der Waals surface area contributed by atoms with Gasteiger partial charge in [-0.25, -0.2) is 9.78 Å². The quantitative estimate of drug-likeness (QED) is 0.716. The van der Waals surface area contributed by atoms with E-state index in [1.807, 2.05) is 49.4 Å². The molecule has 3 aromatic rings. The zero-order chi connectivity index (χ0) is 20.5. The molecular weight excluding hydrogens is 388 g/mol. The molecule has 1 saturated heterocycles. The fourth-order valence-electron chi connectivity index (χ4n) is 3.71. The van der Waals surface area contributed by atoms with Crippen LogP contribution in [0, 0.1) is 6.92 Å². The van der Waals surface area contributed by atoms with Gasteiger partial charge in [-0.05, 0) is 31.4 Å². The fourth-order valence-corrected chi connectivity index (χ4v) is 4.40. The van der Waals surface area contributed by atoms with Crippen molar-refractivity contribution in [2.45, 2.75) is 13.8 Å². The van der Waals surface area contributed by atoms with Crippen molar-refractivity contribution in [1.82, 2.24) is 29.9 Å². The number of aryl methyl sites for hydroxylation is 2. The van der Waals surface area contributed by atoms with Gasteiger partial charge in [0, 0.05) is 39.8 Å². The first-order chi connectivity index (χ1) is 14.0.